The summed E-state index contributed by atoms with van der Waals surface area (Å²) in [4.78, 5) is 16.2. The fourth-order valence-electron chi connectivity index (χ4n) is 3.02. The van der Waals surface area contributed by atoms with E-state index in [1.165, 1.54) is 12.3 Å². The van der Waals surface area contributed by atoms with Crippen LogP contribution in [-0.4, -0.2) is 17.6 Å². The Kier molecular flexibility index (Phi) is 5.08. The fourth-order valence-corrected chi connectivity index (χ4v) is 3.02. The number of rotatable bonds is 4. The van der Waals surface area contributed by atoms with Gasteiger partial charge in [0.1, 0.15) is 18.1 Å². The van der Waals surface area contributed by atoms with E-state index in [0.717, 1.165) is 5.56 Å². The third-order valence-electron chi connectivity index (χ3n) is 4.52. The molecular weight excluding hydrogens is 335 g/mol. The van der Waals surface area contributed by atoms with Gasteiger partial charge in [0.25, 0.3) is 0 Å². The molecule has 0 saturated heterocycles. The fraction of sp³-hybridized carbons (Fsp3) is 0.300. The van der Waals surface area contributed by atoms with Gasteiger partial charge in [0.05, 0.1) is 5.92 Å². The smallest absolute Gasteiger partial charge is 0.315 e. The highest BCUT2D eigenvalue weighted by Crippen LogP contribution is 2.41. The zero-order valence-electron chi connectivity index (χ0n) is 14.6. The third-order valence-corrected chi connectivity index (χ3v) is 4.52. The lowest BCUT2D eigenvalue weighted by molar-refractivity contribution is -0.141. The Labute approximate surface area is 151 Å². The molecule has 0 saturated carbocycles. The van der Waals surface area contributed by atoms with Crippen LogP contribution in [0.5, 0.6) is 11.5 Å². The molecule has 0 bridgehead atoms. The standard InChI is InChI=1S/C20H19FN2O3/c1-3-4-9-25-14-5-6-15-12(2)16(20(24)26-17(15)11-14)10-13-7-8-23-19(22)18(13)21/h5-8,11-12,16H,9-10H2,1-2H3,(H2,22,23). The van der Waals surface area contributed by atoms with Crippen LogP contribution in [0.2, 0.25) is 0 Å². The van der Waals surface area contributed by atoms with Crippen LogP contribution in [0.4, 0.5) is 10.2 Å². The summed E-state index contributed by atoms with van der Waals surface area (Å²) < 4.78 is 25.1. The maximum Gasteiger partial charge on any atom is 0.315 e. The summed E-state index contributed by atoms with van der Waals surface area (Å²) in [5.74, 6) is 4.81. The summed E-state index contributed by atoms with van der Waals surface area (Å²) in [6, 6.07) is 6.90. The van der Waals surface area contributed by atoms with Gasteiger partial charge in [0.15, 0.2) is 11.6 Å². The van der Waals surface area contributed by atoms with Crippen molar-refractivity contribution in [3.8, 4) is 23.3 Å². The molecule has 0 radical (unpaired) electrons. The van der Waals surface area contributed by atoms with Crippen LogP contribution in [0.1, 0.15) is 30.9 Å². The maximum atomic E-state index is 14.1. The first-order valence-corrected chi connectivity index (χ1v) is 8.28. The number of anilines is 1. The zero-order valence-corrected chi connectivity index (χ0v) is 14.6. The molecule has 5 nitrogen and oxygen atoms in total. The van der Waals surface area contributed by atoms with E-state index in [4.69, 9.17) is 15.2 Å². The maximum absolute atomic E-state index is 14.1. The van der Waals surface area contributed by atoms with Crippen molar-refractivity contribution in [3.63, 3.8) is 0 Å². The molecule has 134 valence electrons. The Balaban J connectivity index is 1.83. The first-order valence-electron chi connectivity index (χ1n) is 8.28. The van der Waals surface area contributed by atoms with Gasteiger partial charge in [0.2, 0.25) is 0 Å². The number of benzene rings is 1. The number of ether oxygens (including phenoxy) is 2. The largest absolute Gasteiger partial charge is 0.481 e. The van der Waals surface area contributed by atoms with Crippen molar-refractivity contribution in [2.75, 3.05) is 12.3 Å². The van der Waals surface area contributed by atoms with Crippen LogP contribution in [-0.2, 0) is 11.2 Å². The van der Waals surface area contributed by atoms with Crippen LogP contribution < -0.4 is 15.2 Å². The summed E-state index contributed by atoms with van der Waals surface area (Å²) in [7, 11) is 0. The highest BCUT2D eigenvalue weighted by atomic mass is 19.1. The van der Waals surface area contributed by atoms with Gasteiger partial charge < -0.3 is 15.2 Å². The average molecular weight is 354 g/mol. The second-order valence-corrected chi connectivity index (χ2v) is 6.10. The summed E-state index contributed by atoms with van der Waals surface area (Å²) in [6.07, 6.45) is 1.63. The Morgan fingerprint density at radius 2 is 2.19 bits per heavy atom. The predicted octanol–water partition coefficient (Wildman–Crippen LogP) is 3.09. The average Bonchev–Trinajstić information content (AvgIpc) is 2.62. The molecule has 26 heavy (non-hydrogen) atoms. The minimum Gasteiger partial charge on any atom is -0.481 e. The molecule has 3 rings (SSSR count). The molecule has 0 aliphatic carbocycles. The van der Waals surface area contributed by atoms with Crippen molar-refractivity contribution in [2.24, 2.45) is 5.92 Å². The highest BCUT2D eigenvalue weighted by molar-refractivity contribution is 5.79. The van der Waals surface area contributed by atoms with Crippen molar-refractivity contribution < 1.29 is 18.7 Å². The number of carbonyl (C=O) groups is 1. The molecule has 0 spiro atoms. The van der Waals surface area contributed by atoms with Crippen molar-refractivity contribution in [2.45, 2.75) is 26.2 Å². The molecule has 2 heterocycles. The van der Waals surface area contributed by atoms with Crippen LogP contribution in [0, 0.1) is 23.6 Å². The van der Waals surface area contributed by atoms with Crippen LogP contribution in [0.3, 0.4) is 0 Å². The number of esters is 1. The Morgan fingerprint density at radius 1 is 1.38 bits per heavy atom. The van der Waals surface area contributed by atoms with E-state index in [2.05, 4.69) is 16.8 Å². The number of pyridine rings is 1. The molecule has 2 atom stereocenters. The van der Waals surface area contributed by atoms with Crippen LogP contribution >= 0.6 is 0 Å². The quantitative estimate of drug-likeness (QED) is 0.519. The molecule has 1 aliphatic rings. The lowest BCUT2D eigenvalue weighted by Gasteiger charge is -2.30. The minimum absolute atomic E-state index is 0.135. The number of halogens is 1. The SMILES string of the molecule is CC#CCOc1ccc2c(c1)OC(=O)C(Cc1ccnc(N)c1F)C2C. The topological polar surface area (TPSA) is 74.4 Å². The van der Waals surface area contributed by atoms with Gasteiger partial charge in [-0.2, -0.15) is 0 Å². The Hall–Kier alpha value is -3.07. The summed E-state index contributed by atoms with van der Waals surface area (Å²) in [5.41, 5.74) is 6.75. The van der Waals surface area contributed by atoms with Crippen molar-refractivity contribution in [1.29, 1.82) is 0 Å². The number of nitrogen functional groups attached to an aromatic ring is 1. The molecule has 1 aromatic heterocycles. The molecule has 0 fully saturated rings. The Bertz CT molecular complexity index is 902. The van der Waals surface area contributed by atoms with Gasteiger partial charge in [-0.15, -0.1) is 5.92 Å². The van der Waals surface area contributed by atoms with E-state index >= 15 is 0 Å². The summed E-state index contributed by atoms with van der Waals surface area (Å²) >= 11 is 0. The van der Waals surface area contributed by atoms with Crippen LogP contribution in [0.15, 0.2) is 30.5 Å². The van der Waals surface area contributed by atoms with E-state index in [1.54, 1.807) is 13.0 Å². The molecule has 2 aromatic rings. The number of carbonyl (C=O) groups excluding carboxylic acids is 1. The van der Waals surface area contributed by atoms with Crippen molar-refractivity contribution in [1.82, 2.24) is 4.98 Å². The molecule has 0 amide bonds. The number of nitrogens with two attached hydrogens (primary N) is 1. The minimum atomic E-state index is -0.584. The summed E-state index contributed by atoms with van der Waals surface area (Å²) in [6.45, 7) is 3.93. The zero-order chi connectivity index (χ0) is 18.7. The van der Waals surface area contributed by atoms with Gasteiger partial charge in [-0.1, -0.05) is 18.9 Å². The lowest BCUT2D eigenvalue weighted by Crippen LogP contribution is -2.32. The number of fused-ring (bicyclic) bond motifs is 1. The molecule has 2 N–H and O–H groups in total. The molecule has 1 aromatic carbocycles. The van der Waals surface area contributed by atoms with E-state index in [0.29, 0.717) is 17.1 Å². The second kappa shape index (κ2) is 7.44. The highest BCUT2D eigenvalue weighted by Gasteiger charge is 2.36. The summed E-state index contributed by atoms with van der Waals surface area (Å²) in [5, 5.41) is 0. The van der Waals surface area contributed by atoms with Crippen molar-refractivity contribution in [3.05, 3.63) is 47.4 Å². The van der Waals surface area contributed by atoms with Gasteiger partial charge in [0, 0.05) is 12.3 Å². The lowest BCUT2D eigenvalue weighted by atomic mass is 9.81. The number of aromatic nitrogens is 1. The molecule has 6 heteroatoms. The second-order valence-electron chi connectivity index (χ2n) is 6.10. The monoisotopic (exact) mass is 354 g/mol. The van der Waals surface area contributed by atoms with Gasteiger partial charge in [-0.25, -0.2) is 9.37 Å². The van der Waals surface area contributed by atoms with Crippen molar-refractivity contribution >= 4 is 11.8 Å². The van der Waals surface area contributed by atoms with Gasteiger partial charge in [-0.05, 0) is 42.5 Å². The molecule has 2 unspecified atom stereocenters. The van der Waals surface area contributed by atoms with Gasteiger partial charge >= 0.3 is 5.97 Å². The predicted molar refractivity (Wildman–Crippen MR) is 95.2 cm³/mol. The number of nitrogens with zero attached hydrogens (tertiary/aromatic N) is 1. The van der Waals surface area contributed by atoms with E-state index in [1.807, 2.05) is 19.1 Å². The third kappa shape index (κ3) is 3.47. The number of hydrogen-bond donors (Lipinski definition) is 1. The normalized spacial score (nSPS) is 18.3. The number of hydrogen-bond acceptors (Lipinski definition) is 5. The molecule has 1 aliphatic heterocycles. The van der Waals surface area contributed by atoms with Gasteiger partial charge in [-0.3, -0.25) is 4.79 Å². The first kappa shape index (κ1) is 17.7. The van der Waals surface area contributed by atoms with E-state index in [9.17, 15) is 9.18 Å². The first-order chi connectivity index (χ1) is 12.5. The Morgan fingerprint density at radius 3 is 2.96 bits per heavy atom. The van der Waals surface area contributed by atoms with E-state index < -0.39 is 17.7 Å². The van der Waals surface area contributed by atoms with E-state index in [-0.39, 0.29) is 24.8 Å². The molecular formula is C20H19FN2O3. The van der Waals surface area contributed by atoms with Crippen LogP contribution in [0.25, 0.3) is 0 Å².